The third-order valence-corrected chi connectivity index (χ3v) is 6.53. The minimum atomic E-state index is -4.00. The molecule has 178 valence electrons. The van der Waals surface area contributed by atoms with E-state index in [1.165, 1.54) is 14.2 Å². The van der Waals surface area contributed by atoms with E-state index in [1.807, 2.05) is 0 Å². The van der Waals surface area contributed by atoms with Gasteiger partial charge in [0.15, 0.2) is 27.2 Å². The number of halogens is 4. The van der Waals surface area contributed by atoms with Gasteiger partial charge >= 0.3 is 0 Å². The van der Waals surface area contributed by atoms with Crippen molar-refractivity contribution in [3.8, 4) is 0 Å². The predicted octanol–water partition coefficient (Wildman–Crippen LogP) is 2.19. The second-order valence-electron chi connectivity index (χ2n) is 6.96. The molecule has 8 nitrogen and oxygen atoms in total. The molecule has 1 aromatic rings. The number of hydrogen-bond donors (Lipinski definition) is 0. The van der Waals surface area contributed by atoms with E-state index in [-0.39, 0.29) is 6.42 Å². The van der Waals surface area contributed by atoms with Crippen molar-refractivity contribution in [3.63, 3.8) is 0 Å². The van der Waals surface area contributed by atoms with Gasteiger partial charge in [-0.05, 0) is 12.1 Å². The molecule has 32 heavy (non-hydrogen) atoms. The molecule has 0 bridgehead atoms. The molecule has 1 saturated carbocycles. The normalized spacial score (nSPS) is 22.9. The number of ketones is 3. The largest absolute Gasteiger partial charge is 0.374 e. The Balaban J connectivity index is 2.54. The molecule has 0 heterocycles. The van der Waals surface area contributed by atoms with Crippen molar-refractivity contribution in [1.29, 1.82) is 0 Å². The van der Waals surface area contributed by atoms with Crippen LogP contribution in [0.3, 0.4) is 0 Å². The zero-order valence-corrected chi connectivity index (χ0v) is 18.7. The highest BCUT2D eigenvalue weighted by Crippen LogP contribution is 2.33. The Morgan fingerprint density at radius 3 is 2.09 bits per heavy atom. The fraction of sp³-hybridized carbons (Fsp3) is 0.526. The highest BCUT2D eigenvalue weighted by Gasteiger charge is 2.48. The van der Waals surface area contributed by atoms with E-state index < -0.39 is 85.7 Å². The molecule has 1 aromatic carbocycles. The SMILES string of the molecule is COC1CC(OC)C(=O)C(C(=O)c2ccc(S(C)(=O)=O)c(COC(F)C(F)F)c2Cl)C1=O. The second kappa shape index (κ2) is 10.4. The molecule has 13 heteroatoms. The van der Waals surface area contributed by atoms with Crippen molar-refractivity contribution in [1.82, 2.24) is 0 Å². The molecule has 0 aliphatic heterocycles. The summed E-state index contributed by atoms with van der Waals surface area (Å²) >= 11 is 6.17. The molecule has 0 N–H and O–H groups in total. The van der Waals surface area contributed by atoms with E-state index in [1.54, 1.807) is 0 Å². The first-order chi connectivity index (χ1) is 14.8. The molecule has 0 saturated heterocycles. The lowest BCUT2D eigenvalue weighted by atomic mass is 9.78. The van der Waals surface area contributed by atoms with Crippen LogP contribution >= 0.6 is 11.6 Å². The van der Waals surface area contributed by atoms with Crippen LogP contribution in [-0.4, -0.2) is 71.2 Å². The molecule has 1 aliphatic carbocycles. The van der Waals surface area contributed by atoms with Crippen LogP contribution in [0, 0.1) is 5.92 Å². The van der Waals surface area contributed by atoms with Crippen molar-refractivity contribution in [2.75, 3.05) is 20.5 Å². The lowest BCUT2D eigenvalue weighted by Crippen LogP contribution is -2.51. The fourth-order valence-electron chi connectivity index (χ4n) is 3.29. The Morgan fingerprint density at radius 1 is 1.12 bits per heavy atom. The van der Waals surface area contributed by atoms with Crippen LogP contribution in [0.5, 0.6) is 0 Å². The van der Waals surface area contributed by atoms with Gasteiger partial charge in [0.1, 0.15) is 18.1 Å². The number of alkyl halides is 3. The first-order valence-electron chi connectivity index (χ1n) is 9.07. The third kappa shape index (κ3) is 5.37. The van der Waals surface area contributed by atoms with Gasteiger partial charge in [0.2, 0.25) is 0 Å². The first kappa shape index (κ1) is 26.4. The number of carbonyl (C=O) groups is 3. The summed E-state index contributed by atoms with van der Waals surface area (Å²) in [5.41, 5.74) is -0.908. The van der Waals surface area contributed by atoms with Crippen LogP contribution in [-0.2, 0) is 40.2 Å². The summed E-state index contributed by atoms with van der Waals surface area (Å²) in [4.78, 5) is 37.9. The quantitative estimate of drug-likeness (QED) is 0.374. The number of Topliss-reactive ketones (excluding diaryl/α,β-unsaturated/α-hetero) is 3. The molecule has 3 unspecified atom stereocenters. The van der Waals surface area contributed by atoms with E-state index in [0.29, 0.717) is 0 Å². The van der Waals surface area contributed by atoms with Crippen molar-refractivity contribution in [3.05, 3.63) is 28.3 Å². The number of hydrogen-bond acceptors (Lipinski definition) is 8. The fourth-order valence-corrected chi connectivity index (χ4v) is 4.58. The van der Waals surface area contributed by atoms with E-state index in [4.69, 9.17) is 21.1 Å². The number of benzene rings is 1. The van der Waals surface area contributed by atoms with Gasteiger partial charge in [-0.1, -0.05) is 11.6 Å². The minimum Gasteiger partial charge on any atom is -0.374 e. The summed E-state index contributed by atoms with van der Waals surface area (Å²) in [5, 5.41) is -0.575. The van der Waals surface area contributed by atoms with Gasteiger partial charge in [0.25, 0.3) is 12.8 Å². The van der Waals surface area contributed by atoms with Crippen LogP contribution < -0.4 is 0 Å². The maximum absolute atomic E-state index is 13.2. The Morgan fingerprint density at radius 2 is 1.66 bits per heavy atom. The Bertz CT molecular complexity index is 992. The number of ether oxygens (including phenoxy) is 3. The summed E-state index contributed by atoms with van der Waals surface area (Å²) in [5.74, 6) is -4.58. The molecule has 0 radical (unpaired) electrons. The molecule has 1 aliphatic rings. The van der Waals surface area contributed by atoms with Gasteiger partial charge in [-0.15, -0.1) is 0 Å². The third-order valence-electron chi connectivity index (χ3n) is 4.91. The van der Waals surface area contributed by atoms with Gasteiger partial charge in [-0.25, -0.2) is 21.6 Å². The van der Waals surface area contributed by atoms with Crippen LogP contribution in [0.2, 0.25) is 5.02 Å². The smallest absolute Gasteiger partial charge is 0.293 e. The van der Waals surface area contributed by atoms with E-state index in [0.717, 1.165) is 18.4 Å². The highest BCUT2D eigenvalue weighted by molar-refractivity contribution is 7.90. The summed E-state index contributed by atoms with van der Waals surface area (Å²) < 4.78 is 76.6. The Labute approximate surface area is 186 Å². The molecular weight excluding hydrogens is 481 g/mol. The zero-order chi connectivity index (χ0) is 24.4. The highest BCUT2D eigenvalue weighted by atomic mass is 35.5. The maximum Gasteiger partial charge on any atom is 0.293 e. The molecule has 1 fully saturated rings. The Hall–Kier alpha value is -1.86. The van der Waals surface area contributed by atoms with Gasteiger partial charge in [0.05, 0.1) is 16.5 Å². The van der Waals surface area contributed by atoms with Gasteiger partial charge in [0, 0.05) is 38.0 Å². The predicted molar refractivity (Wildman–Crippen MR) is 104 cm³/mol. The van der Waals surface area contributed by atoms with Crippen LogP contribution in [0.1, 0.15) is 22.3 Å². The lowest BCUT2D eigenvalue weighted by Gasteiger charge is -2.30. The molecule has 0 aromatic heterocycles. The van der Waals surface area contributed by atoms with Gasteiger partial charge < -0.3 is 14.2 Å². The average Bonchev–Trinajstić information content (AvgIpc) is 2.71. The summed E-state index contributed by atoms with van der Waals surface area (Å²) in [7, 11) is -1.57. The second-order valence-corrected chi connectivity index (χ2v) is 9.32. The van der Waals surface area contributed by atoms with Crippen molar-refractivity contribution >= 4 is 38.8 Å². The van der Waals surface area contributed by atoms with Crippen LogP contribution in [0.15, 0.2) is 17.0 Å². The summed E-state index contributed by atoms with van der Waals surface area (Å²) in [6, 6.07) is 1.91. The van der Waals surface area contributed by atoms with Gasteiger partial charge in [-0.3, -0.25) is 14.4 Å². The van der Waals surface area contributed by atoms with E-state index in [2.05, 4.69) is 4.74 Å². The standard InChI is InChI=1S/C19H20ClF3O8S/c1-29-10-6-11(30-2)17(26)13(16(10)25)15(24)8-4-5-12(32(3,27)28)9(14(8)20)7-31-19(23)18(21)22/h4-5,10-11,13,18-19H,6-7H2,1-3H3. The van der Waals surface area contributed by atoms with Crippen molar-refractivity contribution < 1.29 is 50.2 Å². The summed E-state index contributed by atoms with van der Waals surface area (Å²) in [6.07, 6.45) is -8.08. The molecule has 3 atom stereocenters. The van der Waals surface area contributed by atoms with E-state index >= 15 is 0 Å². The van der Waals surface area contributed by atoms with Crippen molar-refractivity contribution in [2.45, 2.75) is 42.9 Å². The molecule has 0 amide bonds. The topological polar surface area (TPSA) is 113 Å². The zero-order valence-electron chi connectivity index (χ0n) is 17.1. The first-order valence-corrected chi connectivity index (χ1v) is 11.3. The number of methoxy groups -OCH3 is 2. The van der Waals surface area contributed by atoms with Crippen molar-refractivity contribution in [2.24, 2.45) is 5.92 Å². The molecule has 0 spiro atoms. The van der Waals surface area contributed by atoms with Gasteiger partial charge in [-0.2, -0.15) is 0 Å². The Kier molecular flexibility index (Phi) is 8.56. The number of rotatable bonds is 9. The molecular formula is C19H20ClF3O8S. The average molecular weight is 501 g/mol. The monoisotopic (exact) mass is 500 g/mol. The summed E-state index contributed by atoms with van der Waals surface area (Å²) in [6.45, 7) is -1.01. The maximum atomic E-state index is 13.2. The lowest BCUT2D eigenvalue weighted by molar-refractivity contribution is -0.151. The van der Waals surface area contributed by atoms with E-state index in [9.17, 15) is 36.0 Å². The molecule has 2 rings (SSSR count). The number of sulfone groups is 1. The minimum absolute atomic E-state index is 0.0974. The van der Waals surface area contributed by atoms with Crippen LogP contribution in [0.25, 0.3) is 0 Å². The number of carbonyl (C=O) groups excluding carboxylic acids is 3. The van der Waals surface area contributed by atoms with Crippen LogP contribution in [0.4, 0.5) is 13.2 Å².